The average Bonchev–Trinajstić information content (AvgIpc) is 2.31. The maximum atomic E-state index is 10.6. The van der Waals surface area contributed by atoms with Crippen LogP contribution in [0.3, 0.4) is 0 Å². The number of hydrogen-bond acceptors (Lipinski definition) is 3. The Labute approximate surface area is 118 Å². The van der Waals surface area contributed by atoms with Gasteiger partial charge in [-0.25, -0.2) is 0 Å². The summed E-state index contributed by atoms with van der Waals surface area (Å²) in [6.07, 6.45) is 7.21. The van der Waals surface area contributed by atoms with Crippen LogP contribution in [0.25, 0.3) is 0 Å². The van der Waals surface area contributed by atoms with Gasteiger partial charge in [0, 0.05) is 31.1 Å². The summed E-state index contributed by atoms with van der Waals surface area (Å²) in [5.41, 5.74) is 0.154. The lowest BCUT2D eigenvalue weighted by Crippen LogP contribution is -2.69. The van der Waals surface area contributed by atoms with E-state index in [1.807, 2.05) is 0 Å². The number of aliphatic hydroxyl groups is 1. The minimum absolute atomic E-state index is 0.333. The van der Waals surface area contributed by atoms with Crippen LogP contribution in [0.1, 0.15) is 52.4 Å². The molecule has 1 N–H and O–H groups in total. The van der Waals surface area contributed by atoms with Crippen molar-refractivity contribution in [3.8, 4) is 0 Å². The summed E-state index contributed by atoms with van der Waals surface area (Å²) in [5, 5.41) is 10.6. The Hall–Kier alpha value is -0.120. The second-order valence-electron chi connectivity index (χ2n) is 7.73. The predicted octanol–water partition coefficient (Wildman–Crippen LogP) is 2.10. The second kappa shape index (κ2) is 5.01. The van der Waals surface area contributed by atoms with Gasteiger partial charge in [0.1, 0.15) is 0 Å². The summed E-state index contributed by atoms with van der Waals surface area (Å²) in [5.74, 6) is 0. The Morgan fingerprint density at radius 3 is 2.26 bits per heavy atom. The van der Waals surface area contributed by atoms with Gasteiger partial charge in [0.25, 0.3) is 0 Å². The number of likely N-dealkylation sites (tertiary alicyclic amines) is 2. The molecule has 19 heavy (non-hydrogen) atoms. The fourth-order valence-corrected chi connectivity index (χ4v) is 4.47. The zero-order valence-electron chi connectivity index (χ0n) is 12.7. The third-order valence-corrected chi connectivity index (χ3v) is 5.56. The highest BCUT2D eigenvalue weighted by Gasteiger charge is 2.59. The van der Waals surface area contributed by atoms with Crippen molar-refractivity contribution in [1.82, 2.24) is 9.80 Å². The third kappa shape index (κ3) is 2.84. The molecule has 2 heterocycles. The van der Waals surface area contributed by atoms with Gasteiger partial charge < -0.3 is 10.0 Å². The van der Waals surface area contributed by atoms with Gasteiger partial charge in [0.15, 0.2) is 0 Å². The standard InChI is InChI=1S/C16H30N2O/c1-14(2)18-12-15(13-18)10-16(19,11-15)6-9-17-7-4-3-5-8-17/h14,19H,3-13H2,1-2H3. The molecule has 1 saturated carbocycles. The van der Waals surface area contributed by atoms with Crippen LogP contribution in [0.2, 0.25) is 0 Å². The molecule has 0 atom stereocenters. The van der Waals surface area contributed by atoms with E-state index in [1.54, 1.807) is 0 Å². The van der Waals surface area contributed by atoms with E-state index >= 15 is 0 Å². The summed E-state index contributed by atoms with van der Waals surface area (Å²) in [6.45, 7) is 10.6. The smallest absolute Gasteiger partial charge is 0.0672 e. The van der Waals surface area contributed by atoms with Crippen LogP contribution >= 0.6 is 0 Å². The van der Waals surface area contributed by atoms with Gasteiger partial charge in [-0.05, 0) is 59.0 Å². The molecule has 110 valence electrons. The Morgan fingerprint density at radius 2 is 1.68 bits per heavy atom. The van der Waals surface area contributed by atoms with Crippen molar-refractivity contribution in [1.29, 1.82) is 0 Å². The lowest BCUT2D eigenvalue weighted by molar-refractivity contribution is -0.199. The normalized spacial score (nSPS) is 30.3. The fourth-order valence-electron chi connectivity index (χ4n) is 4.47. The molecule has 3 heteroatoms. The number of hydrogen-bond donors (Lipinski definition) is 1. The molecular formula is C16H30N2O. The fraction of sp³-hybridized carbons (Fsp3) is 1.00. The molecule has 3 nitrogen and oxygen atoms in total. The van der Waals surface area contributed by atoms with Gasteiger partial charge in [-0.2, -0.15) is 0 Å². The molecule has 0 aromatic carbocycles. The van der Waals surface area contributed by atoms with Crippen LogP contribution in [-0.4, -0.2) is 59.3 Å². The third-order valence-electron chi connectivity index (χ3n) is 5.56. The van der Waals surface area contributed by atoms with Gasteiger partial charge in [-0.1, -0.05) is 6.42 Å². The summed E-state index contributed by atoms with van der Waals surface area (Å²) < 4.78 is 0. The Bertz CT molecular complexity index is 309. The predicted molar refractivity (Wildman–Crippen MR) is 78.2 cm³/mol. The number of piperidine rings is 1. The first-order valence-corrected chi connectivity index (χ1v) is 8.19. The maximum Gasteiger partial charge on any atom is 0.0672 e. The van der Waals surface area contributed by atoms with Crippen LogP contribution in [-0.2, 0) is 0 Å². The topological polar surface area (TPSA) is 26.7 Å². The van der Waals surface area contributed by atoms with Crippen molar-refractivity contribution < 1.29 is 5.11 Å². The van der Waals surface area contributed by atoms with Crippen molar-refractivity contribution >= 4 is 0 Å². The van der Waals surface area contributed by atoms with Gasteiger partial charge in [0.05, 0.1) is 5.60 Å². The molecule has 0 unspecified atom stereocenters. The van der Waals surface area contributed by atoms with Crippen molar-refractivity contribution in [2.45, 2.75) is 64.0 Å². The van der Waals surface area contributed by atoms with Crippen LogP contribution in [0.5, 0.6) is 0 Å². The van der Waals surface area contributed by atoms with Gasteiger partial charge in [-0.15, -0.1) is 0 Å². The Morgan fingerprint density at radius 1 is 1.05 bits per heavy atom. The first-order valence-electron chi connectivity index (χ1n) is 8.19. The first-order chi connectivity index (χ1) is 9.00. The molecule has 3 rings (SSSR count). The van der Waals surface area contributed by atoms with E-state index in [0.29, 0.717) is 11.5 Å². The van der Waals surface area contributed by atoms with Crippen LogP contribution < -0.4 is 0 Å². The summed E-state index contributed by atoms with van der Waals surface area (Å²) in [7, 11) is 0. The molecule has 3 fully saturated rings. The van der Waals surface area contributed by atoms with Crippen molar-refractivity contribution in [3.05, 3.63) is 0 Å². The quantitative estimate of drug-likeness (QED) is 0.844. The molecule has 2 aliphatic heterocycles. The zero-order valence-corrected chi connectivity index (χ0v) is 12.7. The Kier molecular flexibility index (Phi) is 3.65. The summed E-state index contributed by atoms with van der Waals surface area (Å²) in [4.78, 5) is 5.08. The van der Waals surface area contributed by atoms with Crippen molar-refractivity contribution in [2.24, 2.45) is 5.41 Å². The zero-order chi connectivity index (χ0) is 13.5. The van der Waals surface area contributed by atoms with Gasteiger partial charge >= 0.3 is 0 Å². The monoisotopic (exact) mass is 266 g/mol. The van der Waals surface area contributed by atoms with Crippen LogP contribution in [0.15, 0.2) is 0 Å². The highest BCUT2D eigenvalue weighted by atomic mass is 16.3. The van der Waals surface area contributed by atoms with E-state index in [2.05, 4.69) is 23.6 Å². The second-order valence-corrected chi connectivity index (χ2v) is 7.73. The average molecular weight is 266 g/mol. The molecule has 0 aromatic heterocycles. The molecule has 2 saturated heterocycles. The maximum absolute atomic E-state index is 10.6. The van der Waals surface area contributed by atoms with E-state index < -0.39 is 0 Å². The molecule has 0 radical (unpaired) electrons. The molecule has 0 aromatic rings. The van der Waals surface area contributed by atoms with E-state index in [1.165, 1.54) is 45.4 Å². The van der Waals surface area contributed by atoms with Gasteiger partial charge in [0.2, 0.25) is 0 Å². The van der Waals surface area contributed by atoms with E-state index in [9.17, 15) is 5.11 Å². The summed E-state index contributed by atoms with van der Waals surface area (Å²) in [6, 6.07) is 0.674. The van der Waals surface area contributed by atoms with Crippen molar-refractivity contribution in [2.75, 3.05) is 32.7 Å². The van der Waals surface area contributed by atoms with Crippen molar-refractivity contribution in [3.63, 3.8) is 0 Å². The highest BCUT2D eigenvalue weighted by Crippen LogP contribution is 2.55. The minimum Gasteiger partial charge on any atom is -0.390 e. The number of rotatable bonds is 4. The first kappa shape index (κ1) is 13.8. The molecule has 3 aliphatic rings. The lowest BCUT2D eigenvalue weighted by atomic mass is 9.54. The van der Waals surface area contributed by atoms with E-state index in [-0.39, 0.29) is 5.60 Å². The summed E-state index contributed by atoms with van der Waals surface area (Å²) >= 11 is 0. The minimum atomic E-state index is -0.333. The molecule has 1 spiro atoms. The number of nitrogens with zero attached hydrogens (tertiary/aromatic N) is 2. The highest BCUT2D eigenvalue weighted by molar-refractivity contribution is 5.12. The molecular weight excluding hydrogens is 236 g/mol. The van der Waals surface area contributed by atoms with E-state index in [4.69, 9.17) is 0 Å². The van der Waals surface area contributed by atoms with Crippen LogP contribution in [0, 0.1) is 5.41 Å². The Balaban J connectivity index is 1.39. The molecule has 0 bridgehead atoms. The van der Waals surface area contributed by atoms with Crippen LogP contribution in [0.4, 0.5) is 0 Å². The SMILES string of the molecule is CC(C)N1CC2(C1)CC(O)(CCN1CCCCC1)C2. The molecule has 0 amide bonds. The molecule has 1 aliphatic carbocycles. The van der Waals surface area contributed by atoms with Gasteiger partial charge in [-0.3, -0.25) is 4.90 Å². The van der Waals surface area contributed by atoms with E-state index in [0.717, 1.165) is 25.8 Å². The lowest BCUT2D eigenvalue weighted by Gasteiger charge is -2.64. The largest absolute Gasteiger partial charge is 0.390 e.